The number of allylic oxidation sites excluding steroid dienone is 1. The summed E-state index contributed by atoms with van der Waals surface area (Å²) in [5.41, 5.74) is 3.83. The van der Waals surface area contributed by atoms with E-state index in [1.165, 1.54) is 19.2 Å². The van der Waals surface area contributed by atoms with E-state index in [0.29, 0.717) is 36.5 Å². The standard InChI is InChI=1S/C30H31N3O6/c1-17(2)16-39-21-10-8-18(9-11-21)19-12-24-28(26(34)14-19)29(32-23-7-5-4-6-22(23)31-24)20-13-25(33(36)37)30(35)27(15-20)38-3/h4-11,13,15,17,19,29,31-32,35H,12,14,16H2,1-3H3. The fourth-order valence-electron chi connectivity index (χ4n) is 5.15. The minimum absolute atomic E-state index is 0.0328. The molecule has 9 heteroatoms. The molecule has 0 bridgehead atoms. The van der Waals surface area contributed by atoms with Gasteiger partial charge in [-0.25, -0.2) is 0 Å². The average molecular weight is 530 g/mol. The molecular formula is C30H31N3O6. The number of anilines is 2. The van der Waals surface area contributed by atoms with Gasteiger partial charge in [0.1, 0.15) is 5.75 Å². The van der Waals surface area contributed by atoms with Crippen molar-refractivity contribution in [3.05, 3.63) is 93.2 Å². The predicted octanol–water partition coefficient (Wildman–Crippen LogP) is 6.32. The molecule has 2 atom stereocenters. The molecule has 2 unspecified atom stereocenters. The van der Waals surface area contributed by atoms with Crippen LogP contribution in [0.25, 0.3) is 0 Å². The van der Waals surface area contributed by atoms with Gasteiger partial charge in [-0.15, -0.1) is 0 Å². The first-order valence-corrected chi connectivity index (χ1v) is 12.9. The zero-order chi connectivity index (χ0) is 27.7. The van der Waals surface area contributed by atoms with Gasteiger partial charge in [0, 0.05) is 23.8 Å². The molecule has 0 amide bonds. The number of aromatic hydroxyl groups is 1. The van der Waals surface area contributed by atoms with Crippen LogP contribution in [0.3, 0.4) is 0 Å². The minimum atomic E-state index is -0.690. The van der Waals surface area contributed by atoms with E-state index in [1.807, 2.05) is 48.5 Å². The molecule has 0 saturated heterocycles. The molecule has 2 aliphatic rings. The Morgan fingerprint density at radius 2 is 1.77 bits per heavy atom. The van der Waals surface area contributed by atoms with E-state index in [0.717, 1.165) is 28.4 Å². The Morgan fingerprint density at radius 3 is 2.44 bits per heavy atom. The Kier molecular flexibility index (Phi) is 7.15. The van der Waals surface area contributed by atoms with E-state index in [4.69, 9.17) is 9.47 Å². The van der Waals surface area contributed by atoms with Gasteiger partial charge in [-0.3, -0.25) is 14.9 Å². The van der Waals surface area contributed by atoms with Crippen LogP contribution in [0, 0.1) is 16.0 Å². The third-order valence-electron chi connectivity index (χ3n) is 7.07. The number of benzene rings is 3. The summed E-state index contributed by atoms with van der Waals surface area (Å²) in [6.45, 7) is 4.83. The number of ketones is 1. The highest BCUT2D eigenvalue weighted by molar-refractivity contribution is 6.01. The minimum Gasteiger partial charge on any atom is -0.500 e. The number of methoxy groups -OCH3 is 1. The van der Waals surface area contributed by atoms with E-state index in [-0.39, 0.29) is 17.5 Å². The van der Waals surface area contributed by atoms with Crippen molar-refractivity contribution in [2.24, 2.45) is 5.92 Å². The van der Waals surface area contributed by atoms with Crippen LogP contribution < -0.4 is 20.1 Å². The van der Waals surface area contributed by atoms with E-state index < -0.39 is 22.4 Å². The van der Waals surface area contributed by atoms with Crippen molar-refractivity contribution in [2.75, 3.05) is 24.4 Å². The smallest absolute Gasteiger partial charge is 0.315 e. The zero-order valence-corrected chi connectivity index (χ0v) is 22.1. The van der Waals surface area contributed by atoms with E-state index >= 15 is 0 Å². The molecule has 0 radical (unpaired) electrons. The van der Waals surface area contributed by atoms with Crippen molar-refractivity contribution in [3.63, 3.8) is 0 Å². The summed E-state index contributed by atoms with van der Waals surface area (Å²) in [6, 6.07) is 17.6. The van der Waals surface area contributed by atoms with Crippen LogP contribution in [0.5, 0.6) is 17.2 Å². The number of phenols is 1. The van der Waals surface area contributed by atoms with Gasteiger partial charge in [-0.2, -0.15) is 0 Å². The summed E-state index contributed by atoms with van der Waals surface area (Å²) in [7, 11) is 1.33. The maximum atomic E-state index is 13.8. The number of nitrogens with zero attached hydrogens (tertiary/aromatic N) is 1. The molecule has 3 aromatic rings. The molecule has 1 aliphatic carbocycles. The van der Waals surface area contributed by atoms with Crippen molar-refractivity contribution >= 4 is 22.8 Å². The Hall–Kier alpha value is -4.53. The van der Waals surface area contributed by atoms with Gasteiger partial charge in [-0.1, -0.05) is 38.1 Å². The van der Waals surface area contributed by atoms with Crippen LogP contribution in [0.1, 0.15) is 49.8 Å². The van der Waals surface area contributed by atoms with Gasteiger partial charge >= 0.3 is 5.69 Å². The predicted molar refractivity (Wildman–Crippen MR) is 149 cm³/mol. The van der Waals surface area contributed by atoms with Crippen molar-refractivity contribution in [2.45, 2.75) is 38.6 Å². The molecule has 0 fully saturated rings. The fourth-order valence-corrected chi connectivity index (χ4v) is 5.15. The third-order valence-corrected chi connectivity index (χ3v) is 7.07. The Morgan fingerprint density at radius 1 is 1.05 bits per heavy atom. The second-order valence-corrected chi connectivity index (χ2v) is 10.3. The normalized spacial score (nSPS) is 18.4. The van der Waals surface area contributed by atoms with Gasteiger partial charge in [0.2, 0.25) is 5.75 Å². The molecule has 0 aromatic heterocycles. The highest BCUT2D eigenvalue weighted by Gasteiger charge is 2.37. The van der Waals surface area contributed by atoms with Crippen molar-refractivity contribution in [1.29, 1.82) is 0 Å². The SMILES string of the molecule is COc1cc(C2Nc3ccccc3NC3=C2C(=O)CC(c2ccc(OCC(C)C)cc2)C3)cc([N+](=O)[O-])c1O. The first-order chi connectivity index (χ1) is 18.7. The number of carbonyl (C=O) groups is 1. The van der Waals surface area contributed by atoms with Crippen LogP contribution in [-0.4, -0.2) is 29.5 Å². The lowest BCUT2D eigenvalue weighted by atomic mass is 9.78. The number of phenolic OH excluding ortho intramolecular Hbond substituents is 1. The Labute approximate surface area is 226 Å². The monoisotopic (exact) mass is 529 g/mol. The highest BCUT2D eigenvalue weighted by atomic mass is 16.6. The van der Waals surface area contributed by atoms with E-state index in [9.17, 15) is 20.0 Å². The maximum absolute atomic E-state index is 13.8. The topological polar surface area (TPSA) is 123 Å². The second-order valence-electron chi connectivity index (χ2n) is 10.3. The average Bonchev–Trinajstić information content (AvgIpc) is 3.09. The number of carbonyl (C=O) groups excluding carboxylic acids is 1. The molecule has 3 aromatic carbocycles. The highest BCUT2D eigenvalue weighted by Crippen LogP contribution is 2.47. The first kappa shape index (κ1) is 26.1. The van der Waals surface area contributed by atoms with Gasteiger partial charge in [0.25, 0.3) is 0 Å². The number of Topliss-reactive ketones (excluding diaryl/α,β-unsaturated/α-hetero) is 1. The maximum Gasteiger partial charge on any atom is 0.315 e. The molecule has 9 nitrogen and oxygen atoms in total. The molecule has 39 heavy (non-hydrogen) atoms. The van der Waals surface area contributed by atoms with Crippen LogP contribution in [0.15, 0.2) is 71.9 Å². The summed E-state index contributed by atoms with van der Waals surface area (Å²) >= 11 is 0. The number of nitro groups is 1. The van der Waals surface area contributed by atoms with Crippen molar-refractivity contribution in [1.82, 2.24) is 0 Å². The summed E-state index contributed by atoms with van der Waals surface area (Å²) < 4.78 is 11.1. The lowest BCUT2D eigenvalue weighted by molar-refractivity contribution is -0.386. The van der Waals surface area contributed by atoms with Gasteiger partial charge in [0.15, 0.2) is 11.5 Å². The number of fused-ring (bicyclic) bond motifs is 1. The molecule has 1 heterocycles. The molecule has 202 valence electrons. The number of nitro benzene ring substituents is 1. The van der Waals surface area contributed by atoms with Gasteiger partial charge < -0.3 is 25.2 Å². The Balaban J connectivity index is 1.55. The number of rotatable bonds is 7. The summed E-state index contributed by atoms with van der Waals surface area (Å²) in [4.78, 5) is 24.9. The van der Waals surface area contributed by atoms with Crippen LogP contribution in [-0.2, 0) is 4.79 Å². The van der Waals surface area contributed by atoms with Crippen LogP contribution in [0.2, 0.25) is 0 Å². The number of hydrogen-bond donors (Lipinski definition) is 3. The molecule has 5 rings (SSSR count). The third kappa shape index (κ3) is 5.25. The number of hydrogen-bond acceptors (Lipinski definition) is 8. The fraction of sp³-hybridized carbons (Fsp3) is 0.300. The van der Waals surface area contributed by atoms with Crippen LogP contribution >= 0.6 is 0 Å². The molecular weight excluding hydrogens is 498 g/mol. The molecule has 3 N–H and O–H groups in total. The number of nitrogens with one attached hydrogen (secondary N) is 2. The van der Waals surface area contributed by atoms with Gasteiger partial charge in [0.05, 0.1) is 36.1 Å². The summed E-state index contributed by atoms with van der Waals surface area (Å²) in [5, 5.41) is 28.9. The zero-order valence-electron chi connectivity index (χ0n) is 22.1. The molecule has 0 spiro atoms. The first-order valence-electron chi connectivity index (χ1n) is 12.9. The van der Waals surface area contributed by atoms with Crippen molar-refractivity contribution < 1.29 is 24.3 Å². The second kappa shape index (κ2) is 10.7. The number of para-hydroxylation sites is 2. The quantitative estimate of drug-likeness (QED) is 0.240. The summed E-state index contributed by atoms with van der Waals surface area (Å²) in [5.74, 6) is 0.527. The van der Waals surface area contributed by atoms with Crippen LogP contribution in [0.4, 0.5) is 17.1 Å². The van der Waals surface area contributed by atoms with E-state index in [2.05, 4.69) is 24.5 Å². The molecule has 0 saturated carbocycles. The van der Waals surface area contributed by atoms with E-state index in [1.54, 1.807) is 0 Å². The Bertz CT molecular complexity index is 1450. The summed E-state index contributed by atoms with van der Waals surface area (Å²) in [6.07, 6.45) is 0.871. The van der Waals surface area contributed by atoms with Crippen molar-refractivity contribution in [3.8, 4) is 17.2 Å². The largest absolute Gasteiger partial charge is 0.500 e. The lowest BCUT2D eigenvalue weighted by Gasteiger charge is -2.30. The van der Waals surface area contributed by atoms with Gasteiger partial charge in [-0.05, 0) is 59.7 Å². The molecule has 1 aliphatic heterocycles. The number of ether oxygens (including phenoxy) is 2. The lowest BCUT2D eigenvalue weighted by Crippen LogP contribution is -2.27.